The number of ether oxygens (including phenoxy) is 1. The first-order chi connectivity index (χ1) is 8.29. The zero-order chi connectivity index (χ0) is 11.7. The Morgan fingerprint density at radius 1 is 1.29 bits per heavy atom. The van der Waals surface area contributed by atoms with Crippen molar-refractivity contribution in [2.45, 2.75) is 37.8 Å². The summed E-state index contributed by atoms with van der Waals surface area (Å²) in [7, 11) is 0. The first kappa shape index (κ1) is 11.5. The van der Waals surface area contributed by atoms with Crippen LogP contribution < -0.4 is 10.1 Å². The van der Waals surface area contributed by atoms with Gasteiger partial charge in [-0.05, 0) is 53.6 Å². The van der Waals surface area contributed by atoms with Crippen LogP contribution in [0.5, 0.6) is 5.88 Å². The van der Waals surface area contributed by atoms with Crippen LogP contribution in [-0.2, 0) is 0 Å². The summed E-state index contributed by atoms with van der Waals surface area (Å²) >= 11 is 3.37. The quantitative estimate of drug-likeness (QED) is 0.931. The SMILES string of the molecule is Brc1ccc(OCC2C[C@H]3CC[C@@H](C2)N3)nc1. The maximum atomic E-state index is 5.77. The average molecular weight is 297 g/mol. The fourth-order valence-electron chi connectivity index (χ4n) is 2.96. The van der Waals surface area contributed by atoms with Crippen LogP contribution in [0.1, 0.15) is 25.7 Å². The Balaban J connectivity index is 1.52. The Bertz CT molecular complexity index is 370. The van der Waals surface area contributed by atoms with Gasteiger partial charge in [-0.15, -0.1) is 0 Å². The van der Waals surface area contributed by atoms with Crippen LogP contribution in [0, 0.1) is 5.92 Å². The van der Waals surface area contributed by atoms with Gasteiger partial charge in [-0.2, -0.15) is 0 Å². The number of pyridine rings is 1. The average Bonchev–Trinajstić information content (AvgIpc) is 2.68. The van der Waals surface area contributed by atoms with Crippen molar-refractivity contribution in [3.05, 3.63) is 22.8 Å². The molecule has 0 radical (unpaired) electrons. The van der Waals surface area contributed by atoms with Crippen molar-refractivity contribution in [3.8, 4) is 5.88 Å². The molecule has 0 aliphatic carbocycles. The molecule has 0 saturated carbocycles. The number of nitrogens with zero attached hydrogens (tertiary/aromatic N) is 1. The third-order valence-electron chi connectivity index (χ3n) is 3.74. The van der Waals surface area contributed by atoms with Gasteiger partial charge >= 0.3 is 0 Å². The lowest BCUT2D eigenvalue weighted by Crippen LogP contribution is -2.39. The molecule has 0 amide bonds. The smallest absolute Gasteiger partial charge is 0.213 e. The molecule has 3 nitrogen and oxygen atoms in total. The van der Waals surface area contributed by atoms with Gasteiger partial charge in [-0.1, -0.05) is 0 Å². The lowest BCUT2D eigenvalue weighted by atomic mass is 9.93. The lowest BCUT2D eigenvalue weighted by Gasteiger charge is -2.28. The van der Waals surface area contributed by atoms with Crippen LogP contribution in [0.3, 0.4) is 0 Å². The van der Waals surface area contributed by atoms with E-state index >= 15 is 0 Å². The summed E-state index contributed by atoms with van der Waals surface area (Å²) in [5, 5.41) is 3.65. The zero-order valence-corrected chi connectivity index (χ0v) is 11.3. The van der Waals surface area contributed by atoms with E-state index in [2.05, 4.69) is 26.2 Å². The lowest BCUT2D eigenvalue weighted by molar-refractivity contribution is 0.185. The third kappa shape index (κ3) is 2.80. The van der Waals surface area contributed by atoms with E-state index in [1.807, 2.05) is 12.1 Å². The van der Waals surface area contributed by atoms with Crippen LogP contribution in [-0.4, -0.2) is 23.7 Å². The van der Waals surface area contributed by atoms with Crippen molar-refractivity contribution in [3.63, 3.8) is 0 Å². The van der Waals surface area contributed by atoms with Gasteiger partial charge in [0.2, 0.25) is 5.88 Å². The van der Waals surface area contributed by atoms with Gasteiger partial charge < -0.3 is 10.1 Å². The summed E-state index contributed by atoms with van der Waals surface area (Å²) in [6.45, 7) is 0.809. The summed E-state index contributed by atoms with van der Waals surface area (Å²) in [6.07, 6.45) is 6.98. The molecule has 1 aromatic heterocycles. The Labute approximate surface area is 110 Å². The fourth-order valence-corrected chi connectivity index (χ4v) is 3.20. The molecule has 2 aliphatic heterocycles. The molecule has 0 aromatic carbocycles. The minimum absolute atomic E-state index is 0.694. The first-order valence-corrected chi connectivity index (χ1v) is 7.09. The highest BCUT2D eigenvalue weighted by atomic mass is 79.9. The van der Waals surface area contributed by atoms with Gasteiger partial charge in [0, 0.05) is 28.8 Å². The van der Waals surface area contributed by atoms with Crippen molar-refractivity contribution >= 4 is 15.9 Å². The molecule has 3 heterocycles. The molecular formula is C13H17BrN2O. The molecule has 3 atom stereocenters. The van der Waals surface area contributed by atoms with E-state index in [-0.39, 0.29) is 0 Å². The number of fused-ring (bicyclic) bond motifs is 2. The Morgan fingerprint density at radius 3 is 2.71 bits per heavy atom. The third-order valence-corrected chi connectivity index (χ3v) is 4.21. The van der Waals surface area contributed by atoms with Crippen molar-refractivity contribution in [1.29, 1.82) is 0 Å². The normalized spacial score (nSPS) is 31.5. The number of hydrogen-bond donors (Lipinski definition) is 1. The minimum Gasteiger partial charge on any atom is -0.477 e. The second kappa shape index (κ2) is 4.94. The van der Waals surface area contributed by atoms with E-state index < -0.39 is 0 Å². The maximum Gasteiger partial charge on any atom is 0.213 e. The molecule has 4 heteroatoms. The summed E-state index contributed by atoms with van der Waals surface area (Å²) in [5.41, 5.74) is 0. The van der Waals surface area contributed by atoms with Crippen LogP contribution in [0.4, 0.5) is 0 Å². The molecule has 1 unspecified atom stereocenters. The predicted octanol–water partition coefficient (Wildman–Crippen LogP) is 2.75. The maximum absolute atomic E-state index is 5.77. The standard InChI is InChI=1S/C13H17BrN2O/c14-10-1-4-13(15-7-10)17-8-9-5-11-2-3-12(6-9)16-11/h1,4,7,9,11-12,16H,2-3,5-6,8H2/t9?,11-,12+. The van der Waals surface area contributed by atoms with Crippen molar-refractivity contribution in [2.24, 2.45) is 5.92 Å². The molecule has 2 saturated heterocycles. The van der Waals surface area contributed by atoms with E-state index in [0.717, 1.165) is 29.0 Å². The number of aromatic nitrogens is 1. The van der Waals surface area contributed by atoms with Gasteiger partial charge in [-0.3, -0.25) is 0 Å². The molecule has 1 N–H and O–H groups in total. The monoisotopic (exact) mass is 296 g/mol. The van der Waals surface area contributed by atoms with Gasteiger partial charge in [0.05, 0.1) is 6.61 Å². The summed E-state index contributed by atoms with van der Waals surface area (Å²) in [5.74, 6) is 1.43. The van der Waals surface area contributed by atoms with Crippen LogP contribution in [0.2, 0.25) is 0 Å². The van der Waals surface area contributed by atoms with E-state index in [0.29, 0.717) is 5.92 Å². The highest BCUT2D eigenvalue weighted by Gasteiger charge is 2.33. The van der Waals surface area contributed by atoms with Crippen LogP contribution in [0.25, 0.3) is 0 Å². The highest BCUT2D eigenvalue weighted by Crippen LogP contribution is 2.31. The fraction of sp³-hybridized carbons (Fsp3) is 0.615. The zero-order valence-electron chi connectivity index (χ0n) is 9.73. The largest absolute Gasteiger partial charge is 0.477 e. The van der Waals surface area contributed by atoms with E-state index in [4.69, 9.17) is 4.74 Å². The predicted molar refractivity (Wildman–Crippen MR) is 70.1 cm³/mol. The number of halogens is 1. The molecule has 2 fully saturated rings. The van der Waals surface area contributed by atoms with Gasteiger partial charge in [-0.25, -0.2) is 4.98 Å². The van der Waals surface area contributed by atoms with Crippen molar-refractivity contribution in [2.75, 3.05) is 6.61 Å². The number of hydrogen-bond acceptors (Lipinski definition) is 3. The van der Waals surface area contributed by atoms with Crippen LogP contribution in [0.15, 0.2) is 22.8 Å². The van der Waals surface area contributed by atoms with E-state index in [9.17, 15) is 0 Å². The molecule has 1 aromatic rings. The second-order valence-electron chi connectivity index (χ2n) is 5.10. The van der Waals surface area contributed by atoms with Gasteiger partial charge in [0.25, 0.3) is 0 Å². The summed E-state index contributed by atoms with van der Waals surface area (Å²) in [4.78, 5) is 4.23. The summed E-state index contributed by atoms with van der Waals surface area (Å²) < 4.78 is 6.76. The molecule has 0 spiro atoms. The van der Waals surface area contributed by atoms with E-state index in [1.165, 1.54) is 25.7 Å². The molecule has 2 aliphatic rings. The Hall–Kier alpha value is -0.610. The van der Waals surface area contributed by atoms with Gasteiger partial charge in [0.15, 0.2) is 0 Å². The number of nitrogens with one attached hydrogen (secondary N) is 1. The molecule has 17 heavy (non-hydrogen) atoms. The second-order valence-corrected chi connectivity index (χ2v) is 6.02. The molecular weight excluding hydrogens is 280 g/mol. The highest BCUT2D eigenvalue weighted by molar-refractivity contribution is 9.10. The van der Waals surface area contributed by atoms with Crippen molar-refractivity contribution < 1.29 is 4.74 Å². The van der Waals surface area contributed by atoms with Gasteiger partial charge in [0.1, 0.15) is 0 Å². The topological polar surface area (TPSA) is 34.1 Å². The molecule has 92 valence electrons. The van der Waals surface area contributed by atoms with E-state index in [1.54, 1.807) is 6.20 Å². The van der Waals surface area contributed by atoms with Crippen LogP contribution >= 0.6 is 15.9 Å². The molecule has 2 bridgehead atoms. The minimum atomic E-state index is 0.694. The Kier molecular flexibility index (Phi) is 3.34. The number of rotatable bonds is 3. The van der Waals surface area contributed by atoms with Crippen molar-refractivity contribution in [1.82, 2.24) is 10.3 Å². The number of piperidine rings is 1. The Morgan fingerprint density at radius 2 is 2.06 bits per heavy atom. The summed E-state index contributed by atoms with van der Waals surface area (Å²) in [6, 6.07) is 5.36. The molecule has 3 rings (SSSR count). The first-order valence-electron chi connectivity index (χ1n) is 6.30.